The normalized spacial score (nSPS) is 37.8. The molecule has 3 heteroatoms. The lowest BCUT2D eigenvalue weighted by atomic mass is 9.46. The molecule has 0 bridgehead atoms. The Bertz CT molecular complexity index is 472. The van der Waals surface area contributed by atoms with Crippen LogP contribution >= 0.6 is 0 Å². The Hall–Kier alpha value is -0.830. The second kappa shape index (κ2) is 7.59. The van der Waals surface area contributed by atoms with Gasteiger partial charge in [-0.25, -0.2) is 0 Å². The van der Waals surface area contributed by atoms with E-state index in [2.05, 4.69) is 20.4 Å². The van der Waals surface area contributed by atoms with E-state index in [9.17, 15) is 9.90 Å². The summed E-state index contributed by atoms with van der Waals surface area (Å²) < 4.78 is 5.20. The van der Waals surface area contributed by atoms with Gasteiger partial charge < -0.3 is 9.84 Å². The maximum atomic E-state index is 12.0. The van der Waals surface area contributed by atoms with E-state index >= 15 is 0 Å². The monoisotopic (exact) mass is 336 g/mol. The standard InChI is InChI=1S/C21H36O3/c1-15(11-14-24-5)7-9-17-16(2)8-10-18-20(17,3)12-6-13-21(18,4)19(22)23/h15,17-18H,2,6-14H2,1,3-5H3,(H,22,23)/t15-,17-,18+,20+,21-/m1/s1. The highest BCUT2D eigenvalue weighted by atomic mass is 16.5. The smallest absolute Gasteiger partial charge is 0.309 e. The molecule has 2 saturated carbocycles. The highest BCUT2D eigenvalue weighted by Crippen LogP contribution is 2.62. The van der Waals surface area contributed by atoms with Crippen LogP contribution in [0.1, 0.15) is 72.1 Å². The summed E-state index contributed by atoms with van der Waals surface area (Å²) in [7, 11) is 1.76. The number of hydrogen-bond donors (Lipinski definition) is 1. The average Bonchev–Trinajstić information content (AvgIpc) is 2.51. The highest BCUT2D eigenvalue weighted by Gasteiger charge is 2.57. The predicted molar refractivity (Wildman–Crippen MR) is 97.9 cm³/mol. The van der Waals surface area contributed by atoms with Gasteiger partial charge in [0.15, 0.2) is 0 Å². The Kier molecular flexibility index (Phi) is 6.17. The Balaban J connectivity index is 2.15. The van der Waals surface area contributed by atoms with Gasteiger partial charge in [-0.1, -0.05) is 38.8 Å². The quantitative estimate of drug-likeness (QED) is 0.641. The number of hydrogen-bond acceptors (Lipinski definition) is 2. The molecule has 138 valence electrons. The number of carboxylic acid groups (broad SMARTS) is 1. The average molecular weight is 337 g/mol. The molecule has 2 aliphatic rings. The molecular formula is C21H36O3. The third kappa shape index (κ3) is 3.56. The van der Waals surface area contributed by atoms with Gasteiger partial charge in [0, 0.05) is 13.7 Å². The minimum Gasteiger partial charge on any atom is -0.481 e. The second-order valence-electron chi connectivity index (χ2n) is 8.85. The molecule has 0 amide bonds. The summed E-state index contributed by atoms with van der Waals surface area (Å²) in [5.74, 6) is 0.801. The molecule has 2 rings (SSSR count). The zero-order chi connectivity index (χ0) is 18.0. The molecule has 2 fully saturated rings. The maximum absolute atomic E-state index is 12.0. The summed E-state index contributed by atoms with van der Waals surface area (Å²) in [6.07, 6.45) is 8.42. The number of methoxy groups -OCH3 is 1. The van der Waals surface area contributed by atoms with Crippen LogP contribution in [-0.2, 0) is 9.53 Å². The van der Waals surface area contributed by atoms with Gasteiger partial charge in [0.2, 0.25) is 0 Å². The SMILES string of the molecule is C=C1CC[C@H]2[C@@](C)(CCC[C@@]2(C)C(=O)O)[C@@H]1CC[C@@H](C)CCOC. The van der Waals surface area contributed by atoms with E-state index in [0.29, 0.717) is 11.8 Å². The van der Waals surface area contributed by atoms with E-state index in [1.54, 1.807) is 7.11 Å². The second-order valence-corrected chi connectivity index (χ2v) is 8.85. The van der Waals surface area contributed by atoms with E-state index in [1.165, 1.54) is 12.0 Å². The van der Waals surface area contributed by atoms with Gasteiger partial charge in [-0.15, -0.1) is 0 Å². The molecule has 0 aliphatic heterocycles. The zero-order valence-electron chi connectivity index (χ0n) is 16.1. The molecule has 0 saturated heterocycles. The molecule has 5 atom stereocenters. The molecule has 24 heavy (non-hydrogen) atoms. The van der Waals surface area contributed by atoms with Crippen LogP contribution < -0.4 is 0 Å². The molecule has 0 aromatic carbocycles. The van der Waals surface area contributed by atoms with Crippen molar-refractivity contribution in [2.75, 3.05) is 13.7 Å². The first kappa shape index (κ1) is 19.5. The van der Waals surface area contributed by atoms with Crippen LogP contribution in [0.2, 0.25) is 0 Å². The van der Waals surface area contributed by atoms with E-state index in [4.69, 9.17) is 4.74 Å². The third-order valence-electron chi connectivity index (χ3n) is 7.27. The van der Waals surface area contributed by atoms with Crippen LogP contribution in [0.3, 0.4) is 0 Å². The number of carboxylic acids is 1. The first-order chi connectivity index (χ1) is 11.3. The van der Waals surface area contributed by atoms with Gasteiger partial charge >= 0.3 is 5.97 Å². The van der Waals surface area contributed by atoms with Crippen molar-refractivity contribution < 1.29 is 14.6 Å². The maximum Gasteiger partial charge on any atom is 0.309 e. The Morgan fingerprint density at radius 2 is 2.08 bits per heavy atom. The minimum absolute atomic E-state index is 0.0989. The molecular weight excluding hydrogens is 300 g/mol. The van der Waals surface area contributed by atoms with Gasteiger partial charge in [0.25, 0.3) is 0 Å². The van der Waals surface area contributed by atoms with E-state index in [-0.39, 0.29) is 11.3 Å². The summed E-state index contributed by atoms with van der Waals surface area (Å²) in [6.45, 7) is 11.9. The zero-order valence-corrected chi connectivity index (χ0v) is 16.1. The molecule has 0 radical (unpaired) electrons. The van der Waals surface area contributed by atoms with Crippen LogP contribution in [0.4, 0.5) is 0 Å². The summed E-state index contributed by atoms with van der Waals surface area (Å²) in [5, 5.41) is 9.88. The Morgan fingerprint density at radius 3 is 2.71 bits per heavy atom. The van der Waals surface area contributed by atoms with Crippen molar-refractivity contribution in [2.45, 2.75) is 72.1 Å². The van der Waals surface area contributed by atoms with Crippen LogP contribution in [0, 0.1) is 28.6 Å². The Morgan fingerprint density at radius 1 is 1.38 bits per heavy atom. The first-order valence-corrected chi connectivity index (χ1v) is 9.65. The fraction of sp³-hybridized carbons (Fsp3) is 0.857. The Labute approximate surface area is 147 Å². The predicted octanol–water partition coefficient (Wildman–Crippen LogP) is 5.30. The molecule has 0 heterocycles. The van der Waals surface area contributed by atoms with Crippen molar-refractivity contribution in [2.24, 2.45) is 28.6 Å². The van der Waals surface area contributed by atoms with Gasteiger partial charge in [-0.05, 0) is 68.6 Å². The lowest BCUT2D eigenvalue weighted by Crippen LogP contribution is -2.53. The number of carbonyl (C=O) groups is 1. The van der Waals surface area contributed by atoms with Crippen molar-refractivity contribution in [1.82, 2.24) is 0 Å². The molecule has 0 aromatic heterocycles. The van der Waals surface area contributed by atoms with E-state index in [1.807, 2.05) is 6.92 Å². The van der Waals surface area contributed by atoms with Gasteiger partial charge in [-0.2, -0.15) is 0 Å². The minimum atomic E-state index is -0.599. The van der Waals surface area contributed by atoms with Crippen LogP contribution in [0.25, 0.3) is 0 Å². The molecule has 1 N–H and O–H groups in total. The van der Waals surface area contributed by atoms with Crippen LogP contribution in [0.5, 0.6) is 0 Å². The van der Waals surface area contributed by atoms with Crippen molar-refractivity contribution in [3.05, 3.63) is 12.2 Å². The molecule has 0 spiro atoms. The largest absolute Gasteiger partial charge is 0.481 e. The van der Waals surface area contributed by atoms with Crippen molar-refractivity contribution in [3.63, 3.8) is 0 Å². The number of aliphatic carboxylic acids is 1. The number of rotatable bonds is 7. The summed E-state index contributed by atoms with van der Waals surface area (Å²) in [6, 6.07) is 0. The molecule has 3 nitrogen and oxygen atoms in total. The van der Waals surface area contributed by atoms with Gasteiger partial charge in [0.1, 0.15) is 0 Å². The highest BCUT2D eigenvalue weighted by molar-refractivity contribution is 5.75. The van der Waals surface area contributed by atoms with Crippen molar-refractivity contribution in [3.8, 4) is 0 Å². The van der Waals surface area contributed by atoms with Crippen LogP contribution in [-0.4, -0.2) is 24.8 Å². The molecule has 0 aromatic rings. The fourth-order valence-electron chi connectivity index (χ4n) is 5.65. The summed E-state index contributed by atoms with van der Waals surface area (Å²) in [5.41, 5.74) is 0.900. The van der Waals surface area contributed by atoms with E-state index in [0.717, 1.165) is 51.6 Å². The van der Waals surface area contributed by atoms with Gasteiger partial charge in [-0.3, -0.25) is 4.79 Å². The molecule has 2 aliphatic carbocycles. The van der Waals surface area contributed by atoms with Crippen LogP contribution in [0.15, 0.2) is 12.2 Å². The lowest BCUT2D eigenvalue weighted by Gasteiger charge is -2.57. The number of ether oxygens (including phenoxy) is 1. The first-order valence-electron chi connectivity index (χ1n) is 9.65. The van der Waals surface area contributed by atoms with E-state index < -0.39 is 11.4 Å². The molecule has 0 unspecified atom stereocenters. The summed E-state index contributed by atoms with van der Waals surface area (Å²) in [4.78, 5) is 12.0. The number of fused-ring (bicyclic) bond motifs is 1. The van der Waals surface area contributed by atoms with Gasteiger partial charge in [0.05, 0.1) is 5.41 Å². The summed E-state index contributed by atoms with van der Waals surface area (Å²) >= 11 is 0. The third-order valence-corrected chi connectivity index (χ3v) is 7.27. The van der Waals surface area contributed by atoms with Crippen molar-refractivity contribution in [1.29, 1.82) is 0 Å². The van der Waals surface area contributed by atoms with Crippen molar-refractivity contribution >= 4 is 5.97 Å². The lowest BCUT2D eigenvalue weighted by molar-refractivity contribution is -0.164. The number of allylic oxidation sites excluding steroid dienone is 1. The fourth-order valence-corrected chi connectivity index (χ4v) is 5.65. The topological polar surface area (TPSA) is 46.5 Å².